The van der Waals surface area contributed by atoms with Crippen LogP contribution in [0, 0.1) is 5.82 Å². The van der Waals surface area contributed by atoms with Crippen molar-refractivity contribution in [1.82, 2.24) is 5.32 Å². The summed E-state index contributed by atoms with van der Waals surface area (Å²) in [6.45, 7) is 2.81. The summed E-state index contributed by atoms with van der Waals surface area (Å²) in [5.41, 5.74) is 1.63. The Morgan fingerprint density at radius 2 is 2.15 bits per heavy atom. The van der Waals surface area contributed by atoms with Gasteiger partial charge >= 0.3 is 0 Å². The quantitative estimate of drug-likeness (QED) is 0.874. The second-order valence-corrected chi connectivity index (χ2v) is 6.09. The van der Waals surface area contributed by atoms with Gasteiger partial charge in [0.1, 0.15) is 5.82 Å². The average molecular weight is 292 g/mol. The minimum atomic E-state index is -0.154. The number of nitrogens with zero attached hydrogens (tertiary/aromatic N) is 1. The van der Waals surface area contributed by atoms with Crippen molar-refractivity contribution in [2.45, 2.75) is 25.9 Å². The molecule has 0 amide bonds. The molecule has 0 spiro atoms. The number of benzene rings is 1. The van der Waals surface area contributed by atoms with Crippen LogP contribution in [0.15, 0.2) is 35.7 Å². The Morgan fingerprint density at radius 1 is 1.35 bits per heavy atom. The number of nitrogens with one attached hydrogen (secondary N) is 1. The van der Waals surface area contributed by atoms with E-state index >= 15 is 0 Å². The summed E-state index contributed by atoms with van der Waals surface area (Å²) >= 11 is 1.75. The van der Waals surface area contributed by atoms with Gasteiger partial charge < -0.3 is 10.2 Å². The molecule has 1 aromatic carbocycles. The molecule has 108 valence electrons. The van der Waals surface area contributed by atoms with Crippen molar-refractivity contribution >= 4 is 17.0 Å². The van der Waals surface area contributed by atoms with Crippen LogP contribution in [0.5, 0.6) is 0 Å². The maximum Gasteiger partial charge on any atom is 0.146 e. The zero-order valence-electron chi connectivity index (χ0n) is 12.2. The van der Waals surface area contributed by atoms with Crippen LogP contribution in [0.2, 0.25) is 0 Å². The lowest BCUT2D eigenvalue weighted by Crippen LogP contribution is -2.31. The van der Waals surface area contributed by atoms with Crippen LogP contribution < -0.4 is 10.2 Å². The number of halogens is 1. The van der Waals surface area contributed by atoms with Gasteiger partial charge in [0, 0.05) is 30.9 Å². The van der Waals surface area contributed by atoms with Crippen molar-refractivity contribution in [3.8, 4) is 0 Å². The maximum atomic E-state index is 14.2. The number of hydrogen-bond acceptors (Lipinski definition) is 3. The molecule has 1 heterocycles. The van der Waals surface area contributed by atoms with Crippen LogP contribution >= 0.6 is 11.3 Å². The lowest BCUT2D eigenvalue weighted by molar-refractivity contribution is 0.602. The topological polar surface area (TPSA) is 15.3 Å². The molecule has 0 aliphatic carbocycles. The molecule has 0 aliphatic heterocycles. The molecule has 20 heavy (non-hydrogen) atoms. The molecule has 0 saturated heterocycles. The molecule has 2 nitrogen and oxygen atoms in total. The fraction of sp³-hybridized carbons (Fsp3) is 0.375. The van der Waals surface area contributed by atoms with E-state index in [1.807, 2.05) is 31.1 Å². The third-order valence-corrected chi connectivity index (χ3v) is 4.41. The highest BCUT2D eigenvalue weighted by Crippen LogP contribution is 2.23. The highest BCUT2D eigenvalue weighted by molar-refractivity contribution is 7.09. The summed E-state index contributed by atoms with van der Waals surface area (Å²) in [7, 11) is 3.81. The van der Waals surface area contributed by atoms with Gasteiger partial charge in [-0.2, -0.15) is 0 Å². The SMILES string of the molecule is CNCc1ccc(N(C)C(C)Cc2cccs2)c(F)c1. The van der Waals surface area contributed by atoms with Crippen LogP contribution in [0.1, 0.15) is 17.4 Å². The van der Waals surface area contributed by atoms with Gasteiger partial charge in [0.05, 0.1) is 5.69 Å². The monoisotopic (exact) mass is 292 g/mol. The first-order valence-electron chi connectivity index (χ1n) is 6.80. The number of anilines is 1. The Morgan fingerprint density at radius 3 is 2.75 bits per heavy atom. The van der Waals surface area contributed by atoms with E-state index in [4.69, 9.17) is 0 Å². The summed E-state index contributed by atoms with van der Waals surface area (Å²) in [6.07, 6.45) is 0.936. The molecule has 2 aromatic rings. The predicted octanol–water partition coefficient (Wildman–Crippen LogP) is 3.67. The van der Waals surface area contributed by atoms with Crippen LogP contribution in [0.25, 0.3) is 0 Å². The summed E-state index contributed by atoms with van der Waals surface area (Å²) in [5.74, 6) is -0.154. The van der Waals surface area contributed by atoms with Crippen molar-refractivity contribution in [3.63, 3.8) is 0 Å². The molecule has 0 bridgehead atoms. The molecule has 0 radical (unpaired) electrons. The van der Waals surface area contributed by atoms with E-state index in [1.165, 1.54) is 4.88 Å². The summed E-state index contributed by atoms with van der Waals surface area (Å²) in [4.78, 5) is 3.34. The molecule has 2 rings (SSSR count). The van der Waals surface area contributed by atoms with E-state index < -0.39 is 0 Å². The van der Waals surface area contributed by atoms with E-state index in [0.717, 1.165) is 12.0 Å². The minimum Gasteiger partial charge on any atom is -0.369 e. The first kappa shape index (κ1) is 15.0. The van der Waals surface area contributed by atoms with E-state index in [0.29, 0.717) is 12.2 Å². The Balaban J connectivity index is 2.09. The molecule has 1 unspecified atom stereocenters. The fourth-order valence-corrected chi connectivity index (χ4v) is 3.07. The summed E-state index contributed by atoms with van der Waals surface area (Å²) < 4.78 is 14.2. The van der Waals surface area contributed by atoms with Gasteiger partial charge in [-0.15, -0.1) is 11.3 Å². The van der Waals surface area contributed by atoms with E-state index in [9.17, 15) is 4.39 Å². The fourth-order valence-electron chi connectivity index (χ4n) is 2.24. The van der Waals surface area contributed by atoms with Gasteiger partial charge in [0.15, 0.2) is 0 Å². The van der Waals surface area contributed by atoms with Crippen LogP contribution in [0.3, 0.4) is 0 Å². The van der Waals surface area contributed by atoms with Crippen molar-refractivity contribution in [2.24, 2.45) is 0 Å². The molecule has 0 fully saturated rings. The number of hydrogen-bond donors (Lipinski definition) is 1. The highest BCUT2D eigenvalue weighted by atomic mass is 32.1. The van der Waals surface area contributed by atoms with Gasteiger partial charge in [-0.25, -0.2) is 4.39 Å². The van der Waals surface area contributed by atoms with Crippen molar-refractivity contribution in [3.05, 3.63) is 52.0 Å². The van der Waals surface area contributed by atoms with Gasteiger partial charge in [0.2, 0.25) is 0 Å². The average Bonchev–Trinajstić information content (AvgIpc) is 2.91. The Bertz CT molecular complexity index is 539. The first-order valence-corrected chi connectivity index (χ1v) is 7.68. The van der Waals surface area contributed by atoms with Gasteiger partial charge in [-0.3, -0.25) is 0 Å². The second kappa shape index (κ2) is 6.86. The summed E-state index contributed by atoms with van der Waals surface area (Å²) in [6, 6.07) is 9.90. The number of likely N-dealkylation sites (N-methyl/N-ethyl adjacent to an activating group) is 1. The zero-order chi connectivity index (χ0) is 14.5. The zero-order valence-corrected chi connectivity index (χ0v) is 13.0. The van der Waals surface area contributed by atoms with Gasteiger partial charge in [-0.05, 0) is 43.1 Å². The van der Waals surface area contributed by atoms with Crippen molar-refractivity contribution < 1.29 is 4.39 Å². The van der Waals surface area contributed by atoms with Crippen LogP contribution in [-0.4, -0.2) is 20.1 Å². The lowest BCUT2D eigenvalue weighted by Gasteiger charge is -2.27. The minimum absolute atomic E-state index is 0.154. The number of rotatable bonds is 6. The van der Waals surface area contributed by atoms with Crippen LogP contribution in [0.4, 0.5) is 10.1 Å². The molecular weight excluding hydrogens is 271 g/mol. The number of thiophene rings is 1. The molecule has 1 atom stereocenters. The smallest absolute Gasteiger partial charge is 0.146 e. The maximum absolute atomic E-state index is 14.2. The normalized spacial score (nSPS) is 12.4. The van der Waals surface area contributed by atoms with E-state index in [1.54, 1.807) is 17.4 Å². The van der Waals surface area contributed by atoms with Gasteiger partial charge in [0.25, 0.3) is 0 Å². The predicted molar refractivity (Wildman–Crippen MR) is 85.1 cm³/mol. The third-order valence-electron chi connectivity index (χ3n) is 3.51. The van der Waals surface area contributed by atoms with Gasteiger partial charge in [-0.1, -0.05) is 12.1 Å². The molecule has 1 aromatic heterocycles. The van der Waals surface area contributed by atoms with E-state index in [2.05, 4.69) is 29.8 Å². The second-order valence-electron chi connectivity index (χ2n) is 5.06. The Kier molecular flexibility index (Phi) is 5.15. The highest BCUT2D eigenvalue weighted by Gasteiger charge is 2.15. The van der Waals surface area contributed by atoms with Crippen molar-refractivity contribution in [1.29, 1.82) is 0 Å². The van der Waals surface area contributed by atoms with Crippen molar-refractivity contribution in [2.75, 3.05) is 19.0 Å². The molecule has 4 heteroatoms. The van der Waals surface area contributed by atoms with Crippen LogP contribution in [-0.2, 0) is 13.0 Å². The lowest BCUT2D eigenvalue weighted by atomic mass is 10.1. The molecule has 1 N–H and O–H groups in total. The van der Waals surface area contributed by atoms with E-state index in [-0.39, 0.29) is 11.9 Å². The Labute approximate surface area is 124 Å². The molecule has 0 saturated carbocycles. The molecular formula is C16H21FN2S. The largest absolute Gasteiger partial charge is 0.369 e. The summed E-state index contributed by atoms with van der Waals surface area (Å²) in [5, 5.41) is 5.11. The molecule has 0 aliphatic rings. The standard InChI is InChI=1S/C16H21FN2S/c1-12(9-14-5-4-8-20-14)19(3)16-7-6-13(11-18-2)10-15(16)17/h4-8,10,12,18H,9,11H2,1-3H3. The Hall–Kier alpha value is -1.39. The third kappa shape index (κ3) is 3.58. The first-order chi connectivity index (χ1) is 9.61.